The smallest absolute Gasteiger partial charge is 0.260 e. The number of likely N-dealkylation sites (tertiary alicyclic amines) is 2. The maximum atomic E-state index is 15.9. The topological polar surface area (TPSA) is 148 Å². The molecule has 0 aliphatic carbocycles. The maximum Gasteiger partial charge on any atom is 0.260 e. The van der Waals surface area contributed by atoms with Gasteiger partial charge < -0.3 is 14.8 Å². The Labute approximate surface area is 418 Å². The third kappa shape index (κ3) is 8.70. The van der Waals surface area contributed by atoms with E-state index in [0.717, 1.165) is 103 Å². The van der Waals surface area contributed by atoms with Crippen molar-refractivity contribution in [2.45, 2.75) is 102 Å². The van der Waals surface area contributed by atoms with Gasteiger partial charge in [0.05, 0.1) is 11.1 Å². The van der Waals surface area contributed by atoms with Crippen LogP contribution in [0, 0.1) is 17.6 Å². The summed E-state index contributed by atoms with van der Waals surface area (Å²) in [5.74, 6) is -2.40. The highest BCUT2D eigenvalue weighted by atomic mass is 19.1. The number of piperazine rings is 1. The first-order valence-corrected chi connectivity index (χ1v) is 25.8. The Kier molecular flexibility index (Phi) is 12.6. The summed E-state index contributed by atoms with van der Waals surface area (Å²) in [7, 11) is 1.98. The number of aryl methyl sites for hydroxylation is 1. The SMILES string of the molecule is C[C@H]1CN(Cc2ccc3c(c2)C(C)(C)C(=O)N3C2CCC(=O)NC2=O)CCN1CC1CCN(C(=O)c2cc(F)c(C3CCN(Cc4cc5c(-n6ccc7c(c6=O)CCN7)ccnc5n4C)CC3)c(F)c2)CC1. The van der Waals surface area contributed by atoms with Crippen LogP contribution in [0.15, 0.2) is 65.7 Å². The lowest BCUT2D eigenvalue weighted by Gasteiger charge is -2.42. The summed E-state index contributed by atoms with van der Waals surface area (Å²) in [5.41, 5.74) is 6.36. The number of hydrogen-bond donors (Lipinski definition) is 2. The van der Waals surface area contributed by atoms with E-state index in [1.54, 1.807) is 20.6 Å². The molecule has 11 rings (SSSR count). The molecule has 0 bridgehead atoms. The normalized spacial score (nSPS) is 22.4. The number of nitrogens with one attached hydrogen (secondary N) is 2. The molecule has 2 aromatic carbocycles. The number of aromatic nitrogens is 3. The summed E-state index contributed by atoms with van der Waals surface area (Å²) < 4.78 is 35.6. The molecule has 2 N–H and O–H groups in total. The van der Waals surface area contributed by atoms with E-state index in [0.29, 0.717) is 70.4 Å². The van der Waals surface area contributed by atoms with Crippen molar-refractivity contribution in [2.75, 3.05) is 69.1 Å². The molecule has 3 aromatic heterocycles. The van der Waals surface area contributed by atoms with Crippen LogP contribution in [0.1, 0.15) is 104 Å². The maximum absolute atomic E-state index is 15.9. The van der Waals surface area contributed by atoms with Crippen LogP contribution < -0.4 is 21.1 Å². The van der Waals surface area contributed by atoms with Crippen molar-refractivity contribution in [3.63, 3.8) is 0 Å². The number of imide groups is 1. The number of nitrogens with zero attached hydrogens (tertiary/aromatic N) is 8. The van der Waals surface area contributed by atoms with Crippen molar-refractivity contribution in [2.24, 2.45) is 13.0 Å². The van der Waals surface area contributed by atoms with Gasteiger partial charge in [0.25, 0.3) is 11.5 Å². The molecule has 0 spiro atoms. The van der Waals surface area contributed by atoms with Gasteiger partial charge in [-0.2, -0.15) is 0 Å². The van der Waals surface area contributed by atoms with E-state index in [-0.39, 0.29) is 46.7 Å². The molecule has 72 heavy (non-hydrogen) atoms. The van der Waals surface area contributed by atoms with Crippen LogP contribution >= 0.6 is 0 Å². The number of amides is 4. The molecule has 4 saturated heterocycles. The Morgan fingerprint density at radius 2 is 1.60 bits per heavy atom. The van der Waals surface area contributed by atoms with Crippen LogP contribution in [-0.2, 0) is 46.4 Å². The Bertz CT molecular complexity index is 3040. The van der Waals surface area contributed by atoms with E-state index >= 15 is 8.78 Å². The van der Waals surface area contributed by atoms with Crippen molar-refractivity contribution in [1.82, 2.24) is 39.0 Å². The highest BCUT2D eigenvalue weighted by Crippen LogP contribution is 2.44. The molecule has 0 saturated carbocycles. The average Bonchev–Trinajstić information content (AvgIpc) is 4.03. The van der Waals surface area contributed by atoms with Gasteiger partial charge in [0.2, 0.25) is 17.7 Å². The van der Waals surface area contributed by atoms with Gasteiger partial charge in [-0.05, 0) is 132 Å². The molecule has 2 atom stereocenters. The van der Waals surface area contributed by atoms with Gasteiger partial charge in [-0.15, -0.1) is 0 Å². The number of piperidine rings is 3. The minimum atomic E-state index is -0.795. The number of halogens is 2. The van der Waals surface area contributed by atoms with Crippen LogP contribution in [0.3, 0.4) is 0 Å². The van der Waals surface area contributed by atoms with E-state index in [2.05, 4.69) is 53.9 Å². The summed E-state index contributed by atoms with van der Waals surface area (Å²) in [4.78, 5) is 80.6. The number of anilines is 2. The summed E-state index contributed by atoms with van der Waals surface area (Å²) in [6.45, 7) is 14.2. The summed E-state index contributed by atoms with van der Waals surface area (Å²) in [6.07, 6.45) is 7.57. The zero-order chi connectivity index (χ0) is 50.2. The second-order valence-electron chi connectivity index (χ2n) is 21.7. The molecule has 6 aliphatic heterocycles. The van der Waals surface area contributed by atoms with Gasteiger partial charge in [0, 0.05) is 130 Å². The molecule has 1 unspecified atom stereocenters. The van der Waals surface area contributed by atoms with Crippen LogP contribution in [0.4, 0.5) is 20.2 Å². The lowest BCUT2D eigenvalue weighted by Crippen LogP contribution is -2.55. The lowest BCUT2D eigenvalue weighted by atomic mass is 9.85. The standard InChI is InChI=1S/C55H64F2N10O5/c1-33-29-63(30-35-5-6-46-41(25-35)55(2,3)54(72)67(46)47-7-8-48(68)60-51(47)69)23-24-65(33)31-34-11-20-64(21-12-34)52(70)37-26-42(56)49(43(57)27-37)36-13-18-62(19-14-36)32-38-28-40-45(10-17-59-50(40)61(38)4)66-22-15-44-39(53(66)71)9-16-58-44/h5-6,10,15,17,22,25-28,33-34,36,47,58H,7-9,11-14,16,18-21,23-24,29-32H2,1-4H3,(H,60,68,69)/t33-,47?/m0/s1. The first-order valence-electron chi connectivity index (χ1n) is 25.8. The molecule has 15 nitrogen and oxygen atoms in total. The Balaban J connectivity index is 0.654. The predicted molar refractivity (Wildman–Crippen MR) is 270 cm³/mol. The third-order valence-corrected chi connectivity index (χ3v) is 16.8. The lowest BCUT2D eigenvalue weighted by molar-refractivity contribution is -0.136. The number of carbonyl (C=O) groups is 4. The van der Waals surface area contributed by atoms with Crippen LogP contribution in [-0.4, -0.2) is 128 Å². The van der Waals surface area contributed by atoms with E-state index in [9.17, 15) is 24.0 Å². The fourth-order valence-electron chi connectivity index (χ4n) is 12.6. The van der Waals surface area contributed by atoms with Crippen molar-refractivity contribution in [1.29, 1.82) is 0 Å². The van der Waals surface area contributed by atoms with Crippen molar-refractivity contribution >= 4 is 46.0 Å². The molecule has 6 aliphatic rings. The molecule has 17 heteroatoms. The highest BCUT2D eigenvalue weighted by Gasteiger charge is 2.49. The van der Waals surface area contributed by atoms with Gasteiger partial charge in [0.15, 0.2) is 0 Å². The number of hydrogen-bond acceptors (Lipinski definition) is 10. The Hall–Kier alpha value is -6.30. The summed E-state index contributed by atoms with van der Waals surface area (Å²) >= 11 is 0. The molecular formula is C55H64F2N10O5. The van der Waals surface area contributed by atoms with Gasteiger partial charge in [-0.25, -0.2) is 13.8 Å². The van der Waals surface area contributed by atoms with Gasteiger partial charge in [-0.1, -0.05) is 12.1 Å². The van der Waals surface area contributed by atoms with Crippen LogP contribution in [0.25, 0.3) is 16.7 Å². The van der Waals surface area contributed by atoms with E-state index in [1.165, 1.54) is 12.1 Å². The van der Waals surface area contributed by atoms with E-state index < -0.39 is 29.0 Å². The number of benzene rings is 2. The highest BCUT2D eigenvalue weighted by molar-refractivity contribution is 6.13. The van der Waals surface area contributed by atoms with E-state index in [4.69, 9.17) is 0 Å². The largest absolute Gasteiger partial charge is 0.384 e. The molecule has 9 heterocycles. The summed E-state index contributed by atoms with van der Waals surface area (Å²) in [6, 6.07) is 14.1. The molecule has 378 valence electrons. The fourth-order valence-corrected chi connectivity index (χ4v) is 12.6. The second-order valence-corrected chi connectivity index (χ2v) is 21.7. The quantitative estimate of drug-likeness (QED) is 0.164. The predicted octanol–water partition coefficient (Wildman–Crippen LogP) is 5.84. The Morgan fingerprint density at radius 1 is 0.833 bits per heavy atom. The van der Waals surface area contributed by atoms with Crippen molar-refractivity contribution in [3.8, 4) is 5.69 Å². The number of rotatable bonds is 10. The summed E-state index contributed by atoms with van der Waals surface area (Å²) in [5, 5.41) is 6.56. The monoisotopic (exact) mass is 983 g/mol. The first-order chi connectivity index (χ1) is 34.6. The fraction of sp³-hybridized carbons (Fsp3) is 0.491. The minimum Gasteiger partial charge on any atom is -0.384 e. The third-order valence-electron chi connectivity index (χ3n) is 16.8. The van der Waals surface area contributed by atoms with Gasteiger partial charge in [-0.3, -0.25) is 53.5 Å². The zero-order valence-corrected chi connectivity index (χ0v) is 41.7. The molecule has 4 fully saturated rings. The van der Waals surface area contributed by atoms with E-state index in [1.807, 2.05) is 51.4 Å². The second kappa shape index (κ2) is 19.0. The number of fused-ring (bicyclic) bond motifs is 3. The Morgan fingerprint density at radius 3 is 2.33 bits per heavy atom. The molecule has 4 amide bonds. The van der Waals surface area contributed by atoms with Crippen LogP contribution in [0.5, 0.6) is 0 Å². The van der Waals surface area contributed by atoms with Gasteiger partial charge in [0.1, 0.15) is 23.3 Å². The minimum absolute atomic E-state index is 0.0236. The van der Waals surface area contributed by atoms with Crippen molar-refractivity contribution in [3.05, 3.63) is 116 Å². The number of pyridine rings is 2. The molecule has 0 radical (unpaired) electrons. The average molecular weight is 983 g/mol. The first kappa shape index (κ1) is 48.0. The van der Waals surface area contributed by atoms with Crippen molar-refractivity contribution < 1.29 is 28.0 Å². The van der Waals surface area contributed by atoms with Crippen LogP contribution in [0.2, 0.25) is 0 Å². The molecular weight excluding hydrogens is 919 g/mol. The number of carbonyl (C=O) groups excluding carboxylic acids is 4. The van der Waals surface area contributed by atoms with Gasteiger partial charge >= 0.3 is 0 Å². The zero-order valence-electron chi connectivity index (χ0n) is 41.7. The molecule has 5 aromatic rings.